The molecule has 0 radical (unpaired) electrons. The first-order valence-electron chi connectivity index (χ1n) is 8.80. The first kappa shape index (κ1) is 18.3. The number of halogens is 1. The Hall–Kier alpha value is -3.12. The molecule has 0 aliphatic heterocycles. The first-order valence-corrected chi connectivity index (χ1v) is 9.18. The van der Waals surface area contributed by atoms with Crippen molar-refractivity contribution in [2.24, 2.45) is 0 Å². The number of carboxylic acids is 1. The minimum atomic E-state index is -0.979. The number of carbonyl (C=O) groups is 1. The van der Waals surface area contributed by atoms with E-state index in [0.717, 1.165) is 36.1 Å². The van der Waals surface area contributed by atoms with E-state index in [2.05, 4.69) is 4.98 Å². The molecule has 1 heterocycles. The lowest BCUT2D eigenvalue weighted by atomic mass is 10.2. The van der Waals surface area contributed by atoms with E-state index in [4.69, 9.17) is 31.2 Å². The number of methoxy groups -OCH3 is 1. The highest BCUT2D eigenvalue weighted by Crippen LogP contribution is 2.35. The highest BCUT2D eigenvalue weighted by Gasteiger charge is 2.22. The second kappa shape index (κ2) is 7.48. The van der Waals surface area contributed by atoms with Gasteiger partial charge < -0.3 is 14.6 Å². The van der Waals surface area contributed by atoms with E-state index in [1.807, 2.05) is 6.07 Å². The number of hydrogen-bond acceptors (Lipinski definition) is 5. The summed E-state index contributed by atoms with van der Waals surface area (Å²) in [5.41, 5.74) is 2.93. The zero-order valence-corrected chi connectivity index (χ0v) is 15.9. The Labute approximate surface area is 166 Å². The third-order valence-electron chi connectivity index (χ3n) is 4.62. The maximum absolute atomic E-state index is 11.0. The van der Waals surface area contributed by atoms with Crippen molar-refractivity contribution in [2.75, 3.05) is 7.11 Å². The normalized spacial score (nSPS) is 12.5. The minimum Gasteiger partial charge on any atom is -0.495 e. The average Bonchev–Trinajstić information content (AvgIpc) is 3.17. The molecule has 0 unspecified atom stereocenters. The second-order valence-electron chi connectivity index (χ2n) is 6.41. The molecular weight excluding hydrogens is 380 g/mol. The lowest BCUT2D eigenvalue weighted by Gasteiger charge is -2.12. The summed E-state index contributed by atoms with van der Waals surface area (Å²) in [6.45, 7) is 0. The molecule has 142 valence electrons. The van der Waals surface area contributed by atoms with Gasteiger partial charge in [-0.15, -0.1) is 0 Å². The van der Waals surface area contributed by atoms with Crippen LogP contribution in [0.25, 0.3) is 11.4 Å². The lowest BCUT2D eigenvalue weighted by molar-refractivity contribution is 0.0697. The van der Waals surface area contributed by atoms with Crippen LogP contribution in [-0.2, 0) is 12.8 Å². The molecule has 1 aliphatic carbocycles. The molecule has 4 rings (SSSR count). The third-order valence-corrected chi connectivity index (χ3v) is 4.92. The number of aromatic carboxylic acids is 1. The average molecular weight is 397 g/mol. The fraction of sp³-hybridized carbons (Fsp3) is 0.190. The largest absolute Gasteiger partial charge is 0.495 e. The Kier molecular flexibility index (Phi) is 4.88. The molecule has 1 aromatic heterocycles. The molecule has 1 N–H and O–H groups in total. The summed E-state index contributed by atoms with van der Waals surface area (Å²) in [7, 11) is 1.56. The van der Waals surface area contributed by atoms with E-state index in [1.54, 1.807) is 31.4 Å². The summed E-state index contributed by atoms with van der Waals surface area (Å²) < 4.78 is 11.2. The van der Waals surface area contributed by atoms with Crippen molar-refractivity contribution in [1.29, 1.82) is 0 Å². The minimum absolute atomic E-state index is 0.203. The van der Waals surface area contributed by atoms with Crippen LogP contribution in [0.4, 0.5) is 0 Å². The van der Waals surface area contributed by atoms with Crippen molar-refractivity contribution in [1.82, 2.24) is 9.97 Å². The predicted octanol–water partition coefficient (Wildman–Crippen LogP) is 4.78. The van der Waals surface area contributed by atoms with E-state index < -0.39 is 5.97 Å². The van der Waals surface area contributed by atoms with Crippen molar-refractivity contribution in [3.63, 3.8) is 0 Å². The van der Waals surface area contributed by atoms with Crippen LogP contribution < -0.4 is 9.47 Å². The molecule has 3 aromatic rings. The Balaban J connectivity index is 1.71. The summed E-state index contributed by atoms with van der Waals surface area (Å²) in [6.07, 6.45) is 2.70. The summed E-state index contributed by atoms with van der Waals surface area (Å²) in [4.78, 5) is 20.3. The highest BCUT2D eigenvalue weighted by atomic mass is 35.5. The number of aromatic nitrogens is 2. The van der Waals surface area contributed by atoms with E-state index >= 15 is 0 Å². The van der Waals surface area contributed by atoms with Crippen LogP contribution in [0.3, 0.4) is 0 Å². The molecular formula is C21H17ClN2O4. The maximum Gasteiger partial charge on any atom is 0.335 e. The smallest absolute Gasteiger partial charge is 0.335 e. The quantitative estimate of drug-likeness (QED) is 0.668. The van der Waals surface area contributed by atoms with Crippen molar-refractivity contribution in [3.05, 3.63) is 64.3 Å². The molecule has 0 spiro atoms. The Morgan fingerprint density at radius 2 is 1.89 bits per heavy atom. The van der Waals surface area contributed by atoms with Crippen molar-refractivity contribution in [2.45, 2.75) is 19.3 Å². The molecule has 28 heavy (non-hydrogen) atoms. The van der Waals surface area contributed by atoms with Crippen molar-refractivity contribution >= 4 is 17.6 Å². The topological polar surface area (TPSA) is 81.5 Å². The number of carboxylic acid groups (broad SMARTS) is 1. The molecule has 0 fully saturated rings. The van der Waals surface area contributed by atoms with Gasteiger partial charge in [-0.25, -0.2) is 9.78 Å². The van der Waals surface area contributed by atoms with Gasteiger partial charge in [-0.2, -0.15) is 4.98 Å². The van der Waals surface area contributed by atoms with Crippen molar-refractivity contribution < 1.29 is 19.4 Å². The number of aryl methyl sites for hydroxylation is 1. The summed E-state index contributed by atoms with van der Waals surface area (Å²) in [6, 6.07) is 11.6. The Morgan fingerprint density at radius 1 is 1.11 bits per heavy atom. The monoisotopic (exact) mass is 396 g/mol. The van der Waals surface area contributed by atoms with Crippen LogP contribution >= 0.6 is 11.6 Å². The zero-order chi connectivity index (χ0) is 19.7. The second-order valence-corrected chi connectivity index (χ2v) is 6.82. The summed E-state index contributed by atoms with van der Waals surface area (Å²) >= 11 is 6.25. The lowest BCUT2D eigenvalue weighted by Crippen LogP contribution is -2.01. The zero-order valence-electron chi connectivity index (χ0n) is 15.1. The van der Waals surface area contributed by atoms with E-state index in [0.29, 0.717) is 28.2 Å². The van der Waals surface area contributed by atoms with E-state index in [1.165, 1.54) is 12.1 Å². The number of ether oxygens (including phenoxy) is 2. The van der Waals surface area contributed by atoms with Gasteiger partial charge in [0.25, 0.3) is 0 Å². The number of fused-ring (bicyclic) bond motifs is 1. The summed E-state index contributed by atoms with van der Waals surface area (Å²) in [5, 5.41) is 9.52. The van der Waals surface area contributed by atoms with Crippen LogP contribution in [0.15, 0.2) is 42.5 Å². The Bertz CT molecular complexity index is 1050. The molecule has 0 bridgehead atoms. The van der Waals surface area contributed by atoms with Gasteiger partial charge in [0.05, 0.1) is 23.4 Å². The van der Waals surface area contributed by atoms with Gasteiger partial charge in [-0.3, -0.25) is 0 Å². The van der Waals surface area contributed by atoms with Crippen LogP contribution in [0.5, 0.6) is 17.4 Å². The fourth-order valence-electron chi connectivity index (χ4n) is 3.19. The van der Waals surface area contributed by atoms with Crippen LogP contribution in [0.2, 0.25) is 5.02 Å². The number of nitrogens with zero attached hydrogens (tertiary/aromatic N) is 2. The summed E-state index contributed by atoms with van der Waals surface area (Å²) in [5.74, 6) is 1.15. The molecule has 1 aliphatic rings. The molecule has 0 amide bonds. The van der Waals surface area contributed by atoms with Crippen LogP contribution in [0.1, 0.15) is 28.0 Å². The van der Waals surface area contributed by atoms with Gasteiger partial charge in [-0.1, -0.05) is 11.6 Å². The van der Waals surface area contributed by atoms with Gasteiger partial charge >= 0.3 is 5.97 Å². The van der Waals surface area contributed by atoms with Gasteiger partial charge in [0.2, 0.25) is 5.88 Å². The highest BCUT2D eigenvalue weighted by molar-refractivity contribution is 6.32. The fourth-order valence-corrected chi connectivity index (χ4v) is 3.45. The van der Waals surface area contributed by atoms with Crippen molar-refractivity contribution in [3.8, 4) is 28.8 Å². The first-order chi connectivity index (χ1) is 13.5. The molecule has 0 atom stereocenters. The van der Waals surface area contributed by atoms with Crippen LogP contribution in [0, 0.1) is 0 Å². The maximum atomic E-state index is 11.0. The Morgan fingerprint density at radius 3 is 2.57 bits per heavy atom. The predicted molar refractivity (Wildman–Crippen MR) is 105 cm³/mol. The van der Waals surface area contributed by atoms with Gasteiger partial charge in [0.1, 0.15) is 11.5 Å². The standard InChI is InChI=1S/C21H17ClN2O4/c1-27-18-10-7-13(11-16(18)22)19-23-17-4-2-3-15(17)20(24-19)28-14-8-5-12(6-9-14)21(25)26/h5-11H,2-4H2,1H3,(H,25,26). The number of benzene rings is 2. The molecule has 0 saturated carbocycles. The number of hydrogen-bond donors (Lipinski definition) is 1. The van der Waals surface area contributed by atoms with E-state index in [9.17, 15) is 4.79 Å². The number of rotatable bonds is 5. The van der Waals surface area contributed by atoms with Gasteiger partial charge in [0, 0.05) is 11.1 Å². The SMILES string of the molecule is COc1ccc(-c2nc3c(c(Oc4ccc(C(=O)O)cc4)n2)CCC3)cc1Cl. The molecule has 0 saturated heterocycles. The molecule has 6 nitrogen and oxygen atoms in total. The van der Waals surface area contributed by atoms with Crippen LogP contribution in [-0.4, -0.2) is 28.2 Å². The van der Waals surface area contributed by atoms with Gasteiger partial charge in [-0.05, 0) is 61.7 Å². The molecule has 7 heteroatoms. The van der Waals surface area contributed by atoms with Gasteiger partial charge in [0.15, 0.2) is 5.82 Å². The molecule has 2 aromatic carbocycles. The van der Waals surface area contributed by atoms with E-state index in [-0.39, 0.29) is 5.56 Å². The third kappa shape index (κ3) is 3.51.